The molecule has 0 saturated carbocycles. The Kier molecular flexibility index (Phi) is 7.54. The number of nitrogens with one attached hydrogen (secondary N) is 2. The number of rotatable bonds is 4. The van der Waals surface area contributed by atoms with Gasteiger partial charge in [-0.15, -0.1) is 12.4 Å². The van der Waals surface area contributed by atoms with E-state index in [4.69, 9.17) is 23.2 Å². The fourth-order valence-corrected chi connectivity index (χ4v) is 3.37. The van der Waals surface area contributed by atoms with Gasteiger partial charge in [-0.25, -0.2) is 0 Å². The quantitative estimate of drug-likeness (QED) is 0.815. The molecule has 1 aliphatic rings. The van der Waals surface area contributed by atoms with Crippen LogP contribution in [0.1, 0.15) is 11.6 Å². The van der Waals surface area contributed by atoms with Crippen LogP contribution in [-0.4, -0.2) is 37.0 Å². The number of halogens is 3. The number of anilines is 1. The Morgan fingerprint density at radius 1 is 1.12 bits per heavy atom. The molecule has 1 unspecified atom stereocenters. The predicted molar refractivity (Wildman–Crippen MR) is 106 cm³/mol. The summed E-state index contributed by atoms with van der Waals surface area (Å²) in [6.45, 7) is 2.69. The number of para-hydroxylation sites is 1. The minimum absolute atomic E-state index is 0. The Balaban J connectivity index is 0.00000225. The molecule has 1 fully saturated rings. The summed E-state index contributed by atoms with van der Waals surface area (Å²) in [7, 11) is 0. The summed E-state index contributed by atoms with van der Waals surface area (Å²) in [5.74, 6) is -0.0814. The van der Waals surface area contributed by atoms with Crippen molar-refractivity contribution in [2.75, 3.05) is 31.5 Å². The molecule has 1 heterocycles. The second kappa shape index (κ2) is 9.41. The Bertz CT molecular complexity index is 726. The average molecular weight is 401 g/mol. The lowest BCUT2D eigenvalue weighted by atomic mass is 10.0. The SMILES string of the molecule is Cl.O=C(CN1CCNCC1c1ccccc1Cl)Nc1ccccc1Cl. The van der Waals surface area contributed by atoms with Crippen LogP contribution in [0.2, 0.25) is 10.0 Å². The highest BCUT2D eigenvalue weighted by atomic mass is 35.5. The molecule has 1 atom stereocenters. The molecule has 0 bridgehead atoms. The highest BCUT2D eigenvalue weighted by Gasteiger charge is 2.27. The van der Waals surface area contributed by atoms with Gasteiger partial charge in [0.1, 0.15) is 0 Å². The van der Waals surface area contributed by atoms with Gasteiger partial charge < -0.3 is 10.6 Å². The van der Waals surface area contributed by atoms with Crippen LogP contribution in [0.4, 0.5) is 5.69 Å². The molecule has 2 aromatic rings. The number of benzene rings is 2. The number of amides is 1. The number of hydrogen-bond donors (Lipinski definition) is 2. The van der Waals surface area contributed by atoms with Crippen LogP contribution < -0.4 is 10.6 Å². The second-order valence-electron chi connectivity index (χ2n) is 5.74. The van der Waals surface area contributed by atoms with Crippen molar-refractivity contribution in [3.8, 4) is 0 Å². The highest BCUT2D eigenvalue weighted by Crippen LogP contribution is 2.28. The summed E-state index contributed by atoms with van der Waals surface area (Å²) in [5.41, 5.74) is 1.67. The van der Waals surface area contributed by atoms with Crippen LogP contribution in [0.3, 0.4) is 0 Å². The minimum atomic E-state index is -0.0814. The lowest BCUT2D eigenvalue weighted by molar-refractivity contribution is -0.118. The third kappa shape index (κ3) is 5.09. The first kappa shape index (κ1) is 20.0. The van der Waals surface area contributed by atoms with Gasteiger partial charge in [-0.05, 0) is 23.8 Å². The first-order valence-electron chi connectivity index (χ1n) is 7.89. The fraction of sp³-hybridized carbons (Fsp3) is 0.278. The number of piperazine rings is 1. The van der Waals surface area contributed by atoms with Gasteiger partial charge in [0.05, 0.1) is 17.3 Å². The molecule has 3 rings (SSSR count). The van der Waals surface area contributed by atoms with Gasteiger partial charge in [-0.3, -0.25) is 9.69 Å². The third-order valence-electron chi connectivity index (χ3n) is 4.11. The van der Waals surface area contributed by atoms with Crippen LogP contribution in [0, 0.1) is 0 Å². The van der Waals surface area contributed by atoms with Gasteiger partial charge in [-0.2, -0.15) is 0 Å². The highest BCUT2D eigenvalue weighted by molar-refractivity contribution is 6.33. The van der Waals surface area contributed by atoms with Crippen LogP contribution in [-0.2, 0) is 4.79 Å². The lowest BCUT2D eigenvalue weighted by Gasteiger charge is -2.36. The molecule has 0 spiro atoms. The maximum absolute atomic E-state index is 12.4. The molecule has 2 aromatic carbocycles. The van der Waals surface area contributed by atoms with E-state index in [0.29, 0.717) is 17.3 Å². The zero-order chi connectivity index (χ0) is 16.9. The third-order valence-corrected chi connectivity index (χ3v) is 4.79. The minimum Gasteiger partial charge on any atom is -0.324 e. The van der Waals surface area contributed by atoms with Crippen molar-refractivity contribution in [2.24, 2.45) is 0 Å². The van der Waals surface area contributed by atoms with E-state index in [2.05, 4.69) is 15.5 Å². The van der Waals surface area contributed by atoms with Crippen LogP contribution >= 0.6 is 35.6 Å². The molecule has 1 amide bonds. The molecule has 134 valence electrons. The second-order valence-corrected chi connectivity index (χ2v) is 6.55. The van der Waals surface area contributed by atoms with Crippen molar-refractivity contribution in [2.45, 2.75) is 6.04 Å². The summed E-state index contributed by atoms with van der Waals surface area (Å²) < 4.78 is 0. The smallest absolute Gasteiger partial charge is 0.238 e. The van der Waals surface area contributed by atoms with Crippen molar-refractivity contribution in [3.05, 3.63) is 64.1 Å². The number of carbonyl (C=O) groups is 1. The molecule has 2 N–H and O–H groups in total. The van der Waals surface area contributed by atoms with E-state index in [9.17, 15) is 4.79 Å². The molecule has 4 nitrogen and oxygen atoms in total. The molecule has 25 heavy (non-hydrogen) atoms. The van der Waals surface area contributed by atoms with Crippen LogP contribution in [0.25, 0.3) is 0 Å². The lowest BCUT2D eigenvalue weighted by Crippen LogP contribution is -2.48. The molecule has 0 aliphatic carbocycles. The van der Waals surface area contributed by atoms with E-state index in [1.54, 1.807) is 12.1 Å². The summed E-state index contributed by atoms with van der Waals surface area (Å²) in [4.78, 5) is 14.6. The van der Waals surface area contributed by atoms with Crippen LogP contribution in [0.15, 0.2) is 48.5 Å². The standard InChI is InChI=1S/C18H19Cl2N3O.ClH/c19-14-6-2-1-5-13(14)17-11-21-9-10-23(17)12-18(24)22-16-8-4-3-7-15(16)20;/h1-8,17,21H,9-12H2,(H,22,24);1H. The Hall–Kier alpha value is -1.30. The van der Waals surface area contributed by atoms with Gasteiger partial charge in [-0.1, -0.05) is 53.5 Å². The predicted octanol–water partition coefficient (Wildman–Crippen LogP) is 4.00. The number of nitrogens with zero attached hydrogens (tertiary/aromatic N) is 1. The van der Waals surface area contributed by atoms with E-state index in [1.807, 2.05) is 36.4 Å². The van der Waals surface area contributed by atoms with Crippen molar-refractivity contribution in [1.82, 2.24) is 10.2 Å². The fourth-order valence-electron chi connectivity index (χ4n) is 2.92. The van der Waals surface area contributed by atoms with Gasteiger partial charge >= 0.3 is 0 Å². The largest absolute Gasteiger partial charge is 0.324 e. The summed E-state index contributed by atoms with van der Waals surface area (Å²) >= 11 is 12.4. The zero-order valence-corrected chi connectivity index (χ0v) is 15.9. The summed E-state index contributed by atoms with van der Waals surface area (Å²) in [5, 5.41) is 7.51. The van der Waals surface area contributed by atoms with Crippen molar-refractivity contribution >= 4 is 47.2 Å². The van der Waals surface area contributed by atoms with E-state index in [-0.39, 0.29) is 24.4 Å². The normalized spacial score (nSPS) is 17.6. The molecule has 1 aliphatic heterocycles. The number of hydrogen-bond acceptors (Lipinski definition) is 3. The molecule has 0 aromatic heterocycles. The molecular formula is C18H20Cl3N3O. The average Bonchev–Trinajstić information content (AvgIpc) is 2.58. The zero-order valence-electron chi connectivity index (χ0n) is 13.5. The maximum atomic E-state index is 12.4. The number of carbonyl (C=O) groups excluding carboxylic acids is 1. The molecule has 0 radical (unpaired) electrons. The Labute approximate surface area is 163 Å². The monoisotopic (exact) mass is 399 g/mol. The molecule has 1 saturated heterocycles. The first-order valence-corrected chi connectivity index (χ1v) is 8.64. The maximum Gasteiger partial charge on any atom is 0.238 e. The topological polar surface area (TPSA) is 44.4 Å². The summed E-state index contributed by atoms with van der Waals surface area (Å²) in [6.07, 6.45) is 0. The molecular weight excluding hydrogens is 381 g/mol. The van der Waals surface area contributed by atoms with E-state index in [1.165, 1.54) is 0 Å². The Morgan fingerprint density at radius 3 is 2.52 bits per heavy atom. The summed E-state index contributed by atoms with van der Waals surface area (Å²) in [6, 6.07) is 15.1. The molecule has 7 heteroatoms. The first-order chi connectivity index (χ1) is 11.6. The van der Waals surface area contributed by atoms with Crippen molar-refractivity contribution in [1.29, 1.82) is 0 Å². The van der Waals surface area contributed by atoms with Gasteiger partial charge in [0.15, 0.2) is 0 Å². The van der Waals surface area contributed by atoms with Crippen LogP contribution in [0.5, 0.6) is 0 Å². The van der Waals surface area contributed by atoms with Gasteiger partial charge in [0.2, 0.25) is 5.91 Å². The van der Waals surface area contributed by atoms with Gasteiger partial charge in [0.25, 0.3) is 0 Å². The van der Waals surface area contributed by atoms with Gasteiger partial charge in [0, 0.05) is 30.7 Å². The van der Waals surface area contributed by atoms with Crippen molar-refractivity contribution < 1.29 is 4.79 Å². The van der Waals surface area contributed by atoms with E-state index >= 15 is 0 Å². The van der Waals surface area contributed by atoms with Crippen molar-refractivity contribution in [3.63, 3.8) is 0 Å². The Morgan fingerprint density at radius 2 is 1.80 bits per heavy atom. The van der Waals surface area contributed by atoms with E-state index in [0.717, 1.165) is 30.2 Å². The van der Waals surface area contributed by atoms with E-state index < -0.39 is 0 Å².